The van der Waals surface area contributed by atoms with Crippen LogP contribution in [0.3, 0.4) is 0 Å². The molecule has 0 aliphatic carbocycles. The third kappa shape index (κ3) is 4.29. The maximum atomic E-state index is 8.32. The molecule has 0 N–H and O–H groups in total. The van der Waals surface area contributed by atoms with Gasteiger partial charge in [0.15, 0.2) is 0 Å². The fourth-order valence-electron chi connectivity index (χ4n) is 0.891. The number of rotatable bonds is 0. The third-order valence-electron chi connectivity index (χ3n) is 1.76. The minimum absolute atomic E-state index is 0.473. The van der Waals surface area contributed by atoms with Gasteiger partial charge in [0.1, 0.15) is 18.1 Å². The highest BCUT2D eigenvalue weighted by molar-refractivity contribution is 5.22. The Morgan fingerprint density at radius 3 is 2.31 bits per heavy atom. The van der Waals surface area contributed by atoms with Crippen molar-refractivity contribution in [2.24, 2.45) is 0 Å². The Kier molecular flexibility index (Phi) is 4.61. The van der Waals surface area contributed by atoms with Crippen molar-refractivity contribution in [3.05, 3.63) is 53.9 Å². The Bertz CT molecular complexity index is 457. The van der Waals surface area contributed by atoms with E-state index in [4.69, 9.17) is 5.26 Å². The summed E-state index contributed by atoms with van der Waals surface area (Å²) in [6, 6.07) is 7.37. The van der Waals surface area contributed by atoms with Crippen LogP contribution in [0, 0.1) is 25.2 Å². The number of pyridine rings is 1. The molecule has 0 unspecified atom stereocenters. The predicted octanol–water partition coefficient (Wildman–Crippen LogP) is 2.05. The molecule has 4 heteroatoms. The van der Waals surface area contributed by atoms with E-state index in [1.807, 2.05) is 32.0 Å². The highest BCUT2D eigenvalue weighted by atomic mass is 14.8. The third-order valence-corrected chi connectivity index (χ3v) is 1.76. The minimum Gasteiger partial charge on any atom is -0.245 e. The molecule has 0 aromatic carbocycles. The number of aryl methyl sites for hydroxylation is 2. The summed E-state index contributed by atoms with van der Waals surface area (Å²) in [5.41, 5.74) is 2.56. The van der Waals surface area contributed by atoms with Crippen molar-refractivity contribution in [2.75, 3.05) is 0 Å². The quantitative estimate of drug-likeness (QED) is 0.670. The summed E-state index contributed by atoms with van der Waals surface area (Å²) in [6.45, 7) is 3.87. The molecule has 0 radical (unpaired) electrons. The first-order valence-corrected chi connectivity index (χ1v) is 4.77. The highest BCUT2D eigenvalue weighted by Crippen LogP contribution is 1.95. The van der Waals surface area contributed by atoms with Gasteiger partial charge in [-0.1, -0.05) is 6.07 Å². The van der Waals surface area contributed by atoms with Crippen molar-refractivity contribution in [3.63, 3.8) is 0 Å². The molecular formula is C12H12N4. The van der Waals surface area contributed by atoms with Crippen LogP contribution in [0.5, 0.6) is 0 Å². The first-order chi connectivity index (χ1) is 7.72. The number of nitrogens with zero attached hydrogens (tertiary/aromatic N) is 4. The highest BCUT2D eigenvalue weighted by Gasteiger charge is 1.86. The van der Waals surface area contributed by atoms with E-state index in [1.54, 1.807) is 18.5 Å². The molecule has 2 rings (SSSR count). The normalized spacial score (nSPS) is 8.56. The molecule has 0 atom stereocenters. The first-order valence-electron chi connectivity index (χ1n) is 4.77. The largest absolute Gasteiger partial charge is 0.245 e. The molecule has 0 bridgehead atoms. The van der Waals surface area contributed by atoms with E-state index < -0.39 is 0 Å². The van der Waals surface area contributed by atoms with Crippen LogP contribution in [0.4, 0.5) is 0 Å². The molecule has 2 aromatic rings. The Morgan fingerprint density at radius 2 is 1.94 bits per heavy atom. The van der Waals surface area contributed by atoms with Crippen molar-refractivity contribution in [2.45, 2.75) is 13.8 Å². The van der Waals surface area contributed by atoms with Gasteiger partial charge in [-0.2, -0.15) is 5.26 Å². The summed E-state index contributed by atoms with van der Waals surface area (Å²) in [5.74, 6) is 0. The van der Waals surface area contributed by atoms with E-state index >= 15 is 0 Å². The van der Waals surface area contributed by atoms with Crippen LogP contribution in [0.2, 0.25) is 0 Å². The van der Waals surface area contributed by atoms with Gasteiger partial charge < -0.3 is 0 Å². The summed E-state index contributed by atoms with van der Waals surface area (Å²) < 4.78 is 0. The van der Waals surface area contributed by atoms with Crippen LogP contribution in [0.1, 0.15) is 17.0 Å². The predicted molar refractivity (Wildman–Crippen MR) is 60.5 cm³/mol. The average molecular weight is 212 g/mol. The topological polar surface area (TPSA) is 62.5 Å². The standard InChI is InChI=1S/C7H6N2.C5H6N2/c1-6-2-3-7(4-8)9-5-6;1-5-2-3-6-4-7-5/h2-3,5H,1H3;2-4H,1H3. The van der Waals surface area contributed by atoms with Crippen LogP contribution < -0.4 is 0 Å². The maximum absolute atomic E-state index is 8.32. The van der Waals surface area contributed by atoms with Crippen LogP contribution in [0.15, 0.2) is 36.9 Å². The van der Waals surface area contributed by atoms with E-state index in [9.17, 15) is 0 Å². The van der Waals surface area contributed by atoms with E-state index in [-0.39, 0.29) is 0 Å². The fraction of sp³-hybridized carbons (Fsp3) is 0.167. The monoisotopic (exact) mass is 212 g/mol. The van der Waals surface area contributed by atoms with E-state index in [0.29, 0.717) is 5.69 Å². The summed E-state index contributed by atoms with van der Waals surface area (Å²) in [5, 5.41) is 8.32. The molecule has 0 amide bonds. The van der Waals surface area contributed by atoms with Gasteiger partial charge in [-0.3, -0.25) is 0 Å². The molecule has 0 spiro atoms. The molecule has 2 heterocycles. The van der Waals surface area contributed by atoms with E-state index in [2.05, 4.69) is 15.0 Å². The second-order valence-electron chi connectivity index (χ2n) is 3.18. The van der Waals surface area contributed by atoms with Gasteiger partial charge in [0.25, 0.3) is 0 Å². The Hall–Kier alpha value is -2.28. The molecular weight excluding hydrogens is 200 g/mol. The molecule has 16 heavy (non-hydrogen) atoms. The van der Waals surface area contributed by atoms with Crippen molar-refractivity contribution in [1.29, 1.82) is 5.26 Å². The van der Waals surface area contributed by atoms with Crippen LogP contribution >= 0.6 is 0 Å². The van der Waals surface area contributed by atoms with Crippen LogP contribution in [-0.2, 0) is 0 Å². The Morgan fingerprint density at radius 1 is 1.12 bits per heavy atom. The van der Waals surface area contributed by atoms with Crippen LogP contribution in [0.25, 0.3) is 0 Å². The molecule has 2 aromatic heterocycles. The van der Waals surface area contributed by atoms with Gasteiger partial charge in [-0.05, 0) is 31.5 Å². The van der Waals surface area contributed by atoms with Crippen molar-refractivity contribution >= 4 is 0 Å². The summed E-state index contributed by atoms with van der Waals surface area (Å²) in [6.07, 6.45) is 4.94. The zero-order chi connectivity index (χ0) is 11.8. The lowest BCUT2D eigenvalue weighted by Gasteiger charge is -1.87. The number of nitriles is 1. The van der Waals surface area contributed by atoms with Crippen molar-refractivity contribution < 1.29 is 0 Å². The Labute approximate surface area is 94.6 Å². The van der Waals surface area contributed by atoms with Crippen molar-refractivity contribution in [1.82, 2.24) is 15.0 Å². The second-order valence-corrected chi connectivity index (χ2v) is 3.18. The molecule has 0 fully saturated rings. The number of hydrogen-bond donors (Lipinski definition) is 0. The second kappa shape index (κ2) is 6.25. The van der Waals surface area contributed by atoms with Gasteiger partial charge in [0.05, 0.1) is 0 Å². The first kappa shape index (κ1) is 11.8. The molecule has 0 aliphatic rings. The van der Waals surface area contributed by atoms with Gasteiger partial charge in [0, 0.05) is 18.1 Å². The van der Waals surface area contributed by atoms with Gasteiger partial charge in [-0.15, -0.1) is 0 Å². The van der Waals surface area contributed by atoms with Gasteiger partial charge >= 0.3 is 0 Å². The zero-order valence-corrected chi connectivity index (χ0v) is 9.25. The van der Waals surface area contributed by atoms with Crippen LogP contribution in [-0.4, -0.2) is 15.0 Å². The molecule has 4 nitrogen and oxygen atoms in total. The minimum atomic E-state index is 0.473. The average Bonchev–Trinajstić information content (AvgIpc) is 2.32. The zero-order valence-electron chi connectivity index (χ0n) is 9.25. The molecule has 0 aliphatic heterocycles. The smallest absolute Gasteiger partial charge is 0.140 e. The van der Waals surface area contributed by atoms with E-state index in [0.717, 1.165) is 11.3 Å². The number of aromatic nitrogens is 3. The lowest BCUT2D eigenvalue weighted by atomic mass is 10.3. The summed E-state index contributed by atoms with van der Waals surface area (Å²) >= 11 is 0. The Balaban J connectivity index is 0.000000165. The summed E-state index contributed by atoms with van der Waals surface area (Å²) in [7, 11) is 0. The van der Waals surface area contributed by atoms with Gasteiger partial charge in [0.2, 0.25) is 0 Å². The van der Waals surface area contributed by atoms with Gasteiger partial charge in [-0.25, -0.2) is 15.0 Å². The SMILES string of the molecule is Cc1ccc(C#N)nc1.Cc1ccncn1. The lowest BCUT2D eigenvalue weighted by Crippen LogP contribution is -1.80. The van der Waals surface area contributed by atoms with E-state index in [1.165, 1.54) is 6.33 Å². The lowest BCUT2D eigenvalue weighted by molar-refractivity contribution is 1.10. The molecule has 0 saturated carbocycles. The molecule has 0 saturated heterocycles. The maximum Gasteiger partial charge on any atom is 0.140 e. The summed E-state index contributed by atoms with van der Waals surface area (Å²) in [4.78, 5) is 11.4. The molecule has 80 valence electrons. The van der Waals surface area contributed by atoms with Crippen molar-refractivity contribution in [3.8, 4) is 6.07 Å². The fourth-order valence-corrected chi connectivity index (χ4v) is 0.891. The number of hydrogen-bond acceptors (Lipinski definition) is 4.